The van der Waals surface area contributed by atoms with Crippen molar-refractivity contribution in [2.45, 2.75) is 96.6 Å². The van der Waals surface area contributed by atoms with Crippen molar-refractivity contribution in [2.75, 3.05) is 6.61 Å². The van der Waals surface area contributed by atoms with Crippen molar-refractivity contribution in [1.29, 1.82) is 0 Å². The largest absolute Gasteiger partial charge is 0.462 e. The number of carbonyl (C=O) groups is 1. The molecule has 0 heterocycles. The molecule has 28 heavy (non-hydrogen) atoms. The summed E-state index contributed by atoms with van der Waals surface area (Å²) in [6.07, 6.45) is 11.2. The number of ether oxygens (including phenoxy) is 1. The van der Waals surface area contributed by atoms with Crippen LogP contribution in [0.2, 0.25) is 0 Å². The molecule has 0 aliphatic rings. The Labute approximate surface area is 167 Å². The number of halogens is 3. The summed E-state index contributed by atoms with van der Waals surface area (Å²) < 4.78 is 43.8. The summed E-state index contributed by atoms with van der Waals surface area (Å²) in [6.45, 7) is 2.40. The van der Waals surface area contributed by atoms with Gasteiger partial charge in [0.1, 0.15) is 0 Å². The van der Waals surface area contributed by atoms with Crippen molar-refractivity contribution >= 4 is 5.97 Å². The molecule has 0 aliphatic carbocycles. The van der Waals surface area contributed by atoms with Crippen LogP contribution in [0.25, 0.3) is 0 Å². The van der Waals surface area contributed by atoms with Crippen LogP contribution in [0.1, 0.15) is 106 Å². The average Bonchev–Trinajstić information content (AvgIpc) is 2.67. The van der Waals surface area contributed by atoms with Gasteiger partial charge in [0.25, 0.3) is 0 Å². The molecule has 160 valence electrons. The molecule has 5 heteroatoms. The van der Waals surface area contributed by atoms with Crippen LogP contribution in [0, 0.1) is 0 Å². The van der Waals surface area contributed by atoms with Crippen LogP contribution >= 0.6 is 0 Å². The van der Waals surface area contributed by atoms with Crippen LogP contribution in [0.4, 0.5) is 13.2 Å². The third-order valence-corrected chi connectivity index (χ3v) is 4.93. The molecule has 0 aromatic heterocycles. The summed E-state index contributed by atoms with van der Waals surface area (Å²) in [5.74, 6) is -0.896. The molecule has 1 rings (SSSR count). The normalized spacial score (nSPS) is 11.6. The third-order valence-electron chi connectivity index (χ3n) is 4.93. The van der Waals surface area contributed by atoms with Crippen LogP contribution in [0.15, 0.2) is 24.3 Å². The molecule has 1 aromatic rings. The first-order chi connectivity index (χ1) is 13.5. The molecule has 0 atom stereocenters. The van der Waals surface area contributed by atoms with Crippen molar-refractivity contribution in [1.82, 2.24) is 0 Å². The monoisotopic (exact) mass is 400 g/mol. The number of hydrogen-bond donors (Lipinski definition) is 0. The van der Waals surface area contributed by atoms with Gasteiger partial charge in [-0.1, -0.05) is 96.1 Å². The van der Waals surface area contributed by atoms with Crippen molar-refractivity contribution in [3.63, 3.8) is 0 Å². The summed E-state index contributed by atoms with van der Waals surface area (Å²) in [7, 11) is 0. The first kappa shape index (κ1) is 24.5. The molecule has 1 aromatic carbocycles. The van der Waals surface area contributed by atoms with Gasteiger partial charge in [-0.15, -0.1) is 0 Å². The standard InChI is InChI=1S/C23H35F3O2/c1-2-3-4-5-6-7-8-9-10-11-12-13-16-19-28-22(27)20-17-14-15-18-21(20)23(24,25)26/h14-15,17-18H,2-13,16,19H2,1H3. The summed E-state index contributed by atoms with van der Waals surface area (Å²) >= 11 is 0. The van der Waals surface area contributed by atoms with Gasteiger partial charge in [0, 0.05) is 0 Å². The Balaban J connectivity index is 2.03. The molecule has 0 N–H and O–H groups in total. The van der Waals surface area contributed by atoms with Gasteiger partial charge in [-0.05, 0) is 18.6 Å². The lowest BCUT2D eigenvalue weighted by Crippen LogP contribution is -2.15. The SMILES string of the molecule is CCCCCCCCCCCCCCCOC(=O)c1ccccc1C(F)(F)F. The molecule has 0 saturated carbocycles. The third kappa shape index (κ3) is 10.7. The Kier molecular flexibility index (Phi) is 12.7. The number of unbranched alkanes of at least 4 members (excludes halogenated alkanes) is 12. The van der Waals surface area contributed by atoms with Crippen molar-refractivity contribution in [3.05, 3.63) is 35.4 Å². The molecular formula is C23H35F3O2. The fourth-order valence-electron chi connectivity index (χ4n) is 3.27. The Hall–Kier alpha value is -1.52. The van der Waals surface area contributed by atoms with Gasteiger partial charge in [-0.25, -0.2) is 4.79 Å². The summed E-state index contributed by atoms with van der Waals surface area (Å²) in [5, 5.41) is 0. The highest BCUT2D eigenvalue weighted by Crippen LogP contribution is 2.32. The smallest absolute Gasteiger partial charge is 0.417 e. The second-order valence-corrected chi connectivity index (χ2v) is 7.42. The Morgan fingerprint density at radius 3 is 1.75 bits per heavy atom. The maximum atomic E-state index is 12.9. The number of esters is 1. The van der Waals surface area contributed by atoms with Gasteiger partial charge in [-0.2, -0.15) is 13.2 Å². The molecule has 0 bridgehead atoms. The van der Waals surface area contributed by atoms with Gasteiger partial charge in [-0.3, -0.25) is 0 Å². The second kappa shape index (κ2) is 14.5. The average molecular weight is 401 g/mol. The number of benzene rings is 1. The zero-order chi connectivity index (χ0) is 20.7. The molecule has 2 nitrogen and oxygen atoms in total. The molecule has 0 spiro atoms. The molecule has 0 aliphatic heterocycles. The summed E-state index contributed by atoms with van der Waals surface area (Å²) in [4.78, 5) is 11.9. The van der Waals surface area contributed by atoms with E-state index in [9.17, 15) is 18.0 Å². The van der Waals surface area contributed by atoms with E-state index in [0.29, 0.717) is 6.42 Å². The quantitative estimate of drug-likeness (QED) is 0.220. The van der Waals surface area contributed by atoms with Crippen molar-refractivity contribution < 1.29 is 22.7 Å². The fraction of sp³-hybridized carbons (Fsp3) is 0.696. The van der Waals surface area contributed by atoms with E-state index in [0.717, 1.165) is 25.0 Å². The predicted molar refractivity (Wildman–Crippen MR) is 107 cm³/mol. The number of hydrogen-bond acceptors (Lipinski definition) is 2. The van der Waals surface area contributed by atoms with E-state index in [1.807, 2.05) is 0 Å². The van der Waals surface area contributed by atoms with Gasteiger partial charge >= 0.3 is 12.1 Å². The fourth-order valence-corrected chi connectivity index (χ4v) is 3.27. The maximum Gasteiger partial charge on any atom is 0.417 e. The molecular weight excluding hydrogens is 365 g/mol. The Morgan fingerprint density at radius 1 is 0.786 bits per heavy atom. The minimum atomic E-state index is -4.55. The lowest BCUT2D eigenvalue weighted by Gasteiger charge is -2.12. The number of carbonyl (C=O) groups excluding carboxylic acids is 1. The molecule has 0 unspecified atom stereocenters. The molecule has 0 amide bonds. The van der Waals surface area contributed by atoms with Gasteiger partial charge in [0.2, 0.25) is 0 Å². The number of rotatable bonds is 15. The van der Waals surface area contributed by atoms with Crippen LogP contribution < -0.4 is 0 Å². The van der Waals surface area contributed by atoms with Crippen LogP contribution in [-0.4, -0.2) is 12.6 Å². The van der Waals surface area contributed by atoms with Crippen molar-refractivity contribution in [2.24, 2.45) is 0 Å². The van der Waals surface area contributed by atoms with Gasteiger partial charge in [0.15, 0.2) is 0 Å². The molecule has 0 saturated heterocycles. The van der Waals surface area contributed by atoms with E-state index in [2.05, 4.69) is 6.92 Å². The van der Waals surface area contributed by atoms with E-state index in [1.165, 1.54) is 76.3 Å². The first-order valence-electron chi connectivity index (χ1n) is 10.8. The van der Waals surface area contributed by atoms with Gasteiger partial charge in [0.05, 0.1) is 17.7 Å². The lowest BCUT2D eigenvalue weighted by atomic mass is 10.0. The van der Waals surface area contributed by atoms with Crippen molar-refractivity contribution in [3.8, 4) is 0 Å². The second-order valence-electron chi connectivity index (χ2n) is 7.42. The predicted octanol–water partition coefficient (Wildman–Crippen LogP) is 7.95. The van der Waals surface area contributed by atoms with E-state index in [-0.39, 0.29) is 6.61 Å². The van der Waals surface area contributed by atoms with Crippen LogP contribution in [-0.2, 0) is 10.9 Å². The highest BCUT2D eigenvalue weighted by Gasteiger charge is 2.35. The van der Waals surface area contributed by atoms with E-state index >= 15 is 0 Å². The minimum absolute atomic E-state index is 0.169. The molecule has 0 radical (unpaired) electrons. The zero-order valence-corrected chi connectivity index (χ0v) is 17.2. The van der Waals surface area contributed by atoms with Crippen LogP contribution in [0.5, 0.6) is 0 Å². The Bertz CT molecular complexity index is 541. The van der Waals surface area contributed by atoms with Crippen LogP contribution in [0.3, 0.4) is 0 Å². The highest BCUT2D eigenvalue weighted by molar-refractivity contribution is 5.91. The first-order valence-corrected chi connectivity index (χ1v) is 10.8. The number of alkyl halides is 3. The maximum absolute atomic E-state index is 12.9. The topological polar surface area (TPSA) is 26.3 Å². The van der Waals surface area contributed by atoms with E-state index < -0.39 is 23.3 Å². The van der Waals surface area contributed by atoms with Gasteiger partial charge < -0.3 is 4.74 Å². The molecule has 0 fully saturated rings. The minimum Gasteiger partial charge on any atom is -0.462 e. The summed E-state index contributed by atoms with van der Waals surface area (Å²) in [5.41, 5.74) is -1.35. The van der Waals surface area contributed by atoms with E-state index in [1.54, 1.807) is 0 Å². The van der Waals surface area contributed by atoms with E-state index in [4.69, 9.17) is 4.74 Å². The highest BCUT2D eigenvalue weighted by atomic mass is 19.4. The zero-order valence-electron chi connectivity index (χ0n) is 17.2. The summed E-state index contributed by atoms with van der Waals surface area (Å²) in [6, 6.07) is 4.75. The Morgan fingerprint density at radius 2 is 1.25 bits per heavy atom. The lowest BCUT2D eigenvalue weighted by molar-refractivity contribution is -0.138.